The molecule has 2 heterocycles. The van der Waals surface area contributed by atoms with Crippen LogP contribution in [0.3, 0.4) is 0 Å². The molecular weight excluding hydrogens is 440 g/mol. The Morgan fingerprint density at radius 1 is 0.943 bits per heavy atom. The predicted octanol–water partition coefficient (Wildman–Crippen LogP) is 6.76. The summed E-state index contributed by atoms with van der Waals surface area (Å²) in [6, 6.07) is 5.37. The lowest BCUT2D eigenvalue weighted by Gasteiger charge is -2.20. The van der Waals surface area contributed by atoms with Crippen molar-refractivity contribution in [2.45, 2.75) is 106 Å². The number of aliphatic hydroxyl groups excluding tert-OH is 1. The third-order valence-corrected chi connectivity index (χ3v) is 5.28. The van der Waals surface area contributed by atoms with Gasteiger partial charge in [-0.25, -0.2) is 0 Å². The second kappa shape index (κ2) is 25.3. The van der Waals surface area contributed by atoms with E-state index in [2.05, 4.69) is 24.2 Å². The van der Waals surface area contributed by atoms with Gasteiger partial charge in [0, 0.05) is 13.0 Å². The maximum absolute atomic E-state index is 11.8. The van der Waals surface area contributed by atoms with E-state index in [0.29, 0.717) is 31.1 Å². The van der Waals surface area contributed by atoms with Crippen LogP contribution in [0.1, 0.15) is 112 Å². The number of fused-ring (bicyclic) bond motifs is 1. The average Bonchev–Trinajstić information content (AvgIpc) is 3.41. The number of benzene rings is 1. The minimum Gasteiger partial charge on any atom is -0.486 e. The third kappa shape index (κ3) is 17.3. The lowest BCUT2D eigenvalue weighted by Crippen LogP contribution is -2.28. The van der Waals surface area contributed by atoms with E-state index in [9.17, 15) is 9.90 Å². The third-order valence-electron chi connectivity index (χ3n) is 5.28. The maximum atomic E-state index is 11.8. The number of carbonyl (C=O) groups is 1. The highest BCUT2D eigenvalue weighted by Gasteiger charge is 2.16. The van der Waals surface area contributed by atoms with Crippen LogP contribution in [0.2, 0.25) is 0 Å². The largest absolute Gasteiger partial charge is 0.486 e. The summed E-state index contributed by atoms with van der Waals surface area (Å²) in [5.74, 6) is 1.34. The Balaban J connectivity index is 0. The van der Waals surface area contributed by atoms with Crippen molar-refractivity contribution in [3.05, 3.63) is 23.8 Å². The molecule has 0 aromatic heterocycles. The minimum atomic E-state index is -0.741. The Kier molecular flexibility index (Phi) is 25.6. The Hall–Kier alpha value is -1.79. The zero-order valence-electron chi connectivity index (χ0n) is 24.1. The van der Waals surface area contributed by atoms with E-state index < -0.39 is 6.10 Å². The van der Waals surface area contributed by atoms with Gasteiger partial charge < -0.3 is 24.8 Å². The first-order chi connectivity index (χ1) is 17.1. The van der Waals surface area contributed by atoms with Gasteiger partial charge in [-0.15, -0.1) is 0 Å². The Labute approximate surface area is 216 Å². The number of aliphatic hydroxyl groups is 1. The first-order valence-electron chi connectivity index (χ1n) is 14.1. The van der Waals surface area contributed by atoms with Gasteiger partial charge in [-0.05, 0) is 57.1 Å². The molecule has 6 heteroatoms. The molecule has 0 saturated carbocycles. The lowest BCUT2D eigenvalue weighted by atomic mass is 10.1. The molecular formula is C29H56N2O4. The van der Waals surface area contributed by atoms with E-state index in [1.165, 1.54) is 45.2 Å². The number of ether oxygens (including phenoxy) is 2. The molecule has 0 spiro atoms. The van der Waals surface area contributed by atoms with Crippen LogP contribution in [0.4, 0.5) is 0 Å². The molecule has 35 heavy (non-hydrogen) atoms. The highest BCUT2D eigenvalue weighted by Crippen LogP contribution is 2.32. The van der Waals surface area contributed by atoms with Crippen molar-refractivity contribution in [1.29, 1.82) is 0 Å². The smallest absolute Gasteiger partial charge is 0.220 e. The molecule has 1 amide bonds. The molecule has 1 aromatic carbocycles. The van der Waals surface area contributed by atoms with Crippen LogP contribution in [0.15, 0.2) is 18.2 Å². The number of likely N-dealkylation sites (tertiary alicyclic amines) is 1. The molecule has 2 N–H and O–H groups in total. The van der Waals surface area contributed by atoms with Crippen molar-refractivity contribution in [3.63, 3.8) is 0 Å². The van der Waals surface area contributed by atoms with Gasteiger partial charge in [-0.1, -0.05) is 80.2 Å². The maximum Gasteiger partial charge on any atom is 0.220 e. The van der Waals surface area contributed by atoms with Crippen LogP contribution in [-0.4, -0.2) is 55.8 Å². The van der Waals surface area contributed by atoms with E-state index in [1.807, 2.05) is 41.5 Å². The molecule has 3 rings (SSSR count). The second-order valence-electron chi connectivity index (χ2n) is 7.90. The van der Waals surface area contributed by atoms with Crippen molar-refractivity contribution < 1.29 is 19.4 Å². The Morgan fingerprint density at radius 2 is 1.51 bits per heavy atom. The van der Waals surface area contributed by atoms with E-state index in [-0.39, 0.29) is 12.5 Å². The number of nitrogens with zero attached hydrogens (tertiary/aromatic N) is 1. The quantitative estimate of drug-likeness (QED) is 0.370. The topological polar surface area (TPSA) is 71.0 Å². The van der Waals surface area contributed by atoms with Crippen molar-refractivity contribution in [1.82, 2.24) is 10.2 Å². The highest BCUT2D eigenvalue weighted by molar-refractivity contribution is 5.75. The summed E-state index contributed by atoms with van der Waals surface area (Å²) in [6.45, 7) is 18.1. The van der Waals surface area contributed by atoms with E-state index >= 15 is 0 Å². The molecule has 1 atom stereocenters. The fraction of sp³-hybridized carbons (Fsp3) is 0.759. The van der Waals surface area contributed by atoms with Gasteiger partial charge in [0.2, 0.25) is 5.91 Å². The van der Waals surface area contributed by atoms with Gasteiger partial charge in [0.1, 0.15) is 13.2 Å². The molecule has 2 aliphatic heterocycles. The molecule has 206 valence electrons. The van der Waals surface area contributed by atoms with Gasteiger partial charge in [0.05, 0.1) is 6.10 Å². The molecule has 6 nitrogen and oxygen atoms in total. The fourth-order valence-corrected chi connectivity index (χ4v) is 3.45. The normalized spacial score (nSPS) is 14.3. The van der Waals surface area contributed by atoms with Crippen LogP contribution < -0.4 is 14.8 Å². The van der Waals surface area contributed by atoms with Gasteiger partial charge in [-0.3, -0.25) is 4.79 Å². The van der Waals surface area contributed by atoms with Gasteiger partial charge in [-0.2, -0.15) is 0 Å². The second-order valence-corrected chi connectivity index (χ2v) is 7.90. The van der Waals surface area contributed by atoms with Crippen molar-refractivity contribution in [2.75, 3.05) is 39.9 Å². The number of hydrogen-bond acceptors (Lipinski definition) is 5. The molecule has 0 radical (unpaired) electrons. The van der Waals surface area contributed by atoms with E-state index in [1.54, 1.807) is 18.2 Å². The summed E-state index contributed by atoms with van der Waals surface area (Å²) in [6.07, 6.45) is 8.22. The fourth-order valence-electron chi connectivity index (χ4n) is 3.45. The summed E-state index contributed by atoms with van der Waals surface area (Å²) < 4.78 is 11.0. The van der Waals surface area contributed by atoms with Crippen LogP contribution in [-0.2, 0) is 4.79 Å². The van der Waals surface area contributed by atoms with Crippen molar-refractivity contribution in [3.8, 4) is 11.5 Å². The first-order valence-corrected chi connectivity index (χ1v) is 14.1. The van der Waals surface area contributed by atoms with Crippen molar-refractivity contribution in [2.24, 2.45) is 0 Å². The number of carbonyl (C=O) groups excluding carboxylic acids is 1. The number of hydrogen-bond donors (Lipinski definition) is 2. The summed E-state index contributed by atoms with van der Waals surface area (Å²) in [4.78, 5) is 14.1. The molecule has 0 aliphatic carbocycles. The van der Waals surface area contributed by atoms with E-state index in [0.717, 1.165) is 18.4 Å². The van der Waals surface area contributed by atoms with Crippen LogP contribution in [0.5, 0.6) is 11.5 Å². The SMILES string of the molecule is CC.CC.CC.CCCCCCCC(=O)NCC(O)c1ccc2c(c1)OCCO2.CN1CCCC1. The van der Waals surface area contributed by atoms with Gasteiger partial charge >= 0.3 is 0 Å². The van der Waals surface area contributed by atoms with Crippen LogP contribution in [0.25, 0.3) is 0 Å². The summed E-state index contributed by atoms with van der Waals surface area (Å²) in [5, 5.41) is 13.0. The zero-order chi connectivity index (χ0) is 26.9. The summed E-state index contributed by atoms with van der Waals surface area (Å²) in [7, 11) is 2.17. The molecule has 1 aromatic rings. The molecule has 1 saturated heterocycles. The number of nitrogens with one attached hydrogen (secondary N) is 1. The minimum absolute atomic E-state index is 0.00177. The predicted molar refractivity (Wildman–Crippen MR) is 150 cm³/mol. The van der Waals surface area contributed by atoms with Crippen LogP contribution >= 0.6 is 0 Å². The first kappa shape index (κ1) is 35.4. The average molecular weight is 497 g/mol. The lowest BCUT2D eigenvalue weighted by molar-refractivity contribution is -0.121. The summed E-state index contributed by atoms with van der Waals surface area (Å²) in [5.41, 5.74) is 0.720. The van der Waals surface area contributed by atoms with Gasteiger partial charge in [0.15, 0.2) is 11.5 Å². The monoisotopic (exact) mass is 496 g/mol. The number of amides is 1. The number of unbranched alkanes of at least 4 members (excludes halogenated alkanes) is 4. The molecule has 1 fully saturated rings. The van der Waals surface area contributed by atoms with E-state index in [4.69, 9.17) is 9.47 Å². The standard InChI is InChI=1S/C18H27NO4.C5H11N.3C2H6/c1-2-3-4-5-6-7-18(21)19-13-15(20)14-8-9-16-17(12-14)23-11-10-22-16;1-6-4-2-3-5-6;3*1-2/h8-9,12,15,20H,2-7,10-11,13H2,1H3,(H,19,21);2-5H2,1H3;3*1-2H3. The molecule has 1 unspecified atom stereocenters. The zero-order valence-corrected chi connectivity index (χ0v) is 24.1. The highest BCUT2D eigenvalue weighted by atomic mass is 16.6. The van der Waals surface area contributed by atoms with Crippen molar-refractivity contribution >= 4 is 5.91 Å². The molecule has 2 aliphatic rings. The number of rotatable bonds is 9. The Morgan fingerprint density at radius 3 is 2.06 bits per heavy atom. The Bertz CT molecular complexity index is 604. The van der Waals surface area contributed by atoms with Crippen LogP contribution in [0, 0.1) is 0 Å². The summed E-state index contributed by atoms with van der Waals surface area (Å²) >= 11 is 0. The van der Waals surface area contributed by atoms with Gasteiger partial charge in [0.25, 0.3) is 0 Å². The molecule has 0 bridgehead atoms.